The molecule has 1 aliphatic heterocycles. The van der Waals surface area contributed by atoms with Gasteiger partial charge in [0.05, 0.1) is 14.5 Å². The van der Waals surface area contributed by atoms with Gasteiger partial charge >= 0.3 is 0 Å². The van der Waals surface area contributed by atoms with Crippen LogP contribution in [0.2, 0.25) is 0 Å². The Kier molecular flexibility index (Phi) is 5.31. The normalized spacial score (nSPS) is 22.7. The van der Waals surface area contributed by atoms with Gasteiger partial charge in [-0.3, -0.25) is 9.69 Å². The third-order valence-electron chi connectivity index (χ3n) is 4.89. The Labute approximate surface area is 175 Å². The van der Waals surface area contributed by atoms with Crippen LogP contribution in [-0.2, 0) is 10.3 Å². The van der Waals surface area contributed by atoms with Crippen LogP contribution >= 0.6 is 33.9 Å². The van der Waals surface area contributed by atoms with E-state index in [9.17, 15) is 9.18 Å². The lowest BCUT2D eigenvalue weighted by molar-refractivity contribution is -0.133. The van der Waals surface area contributed by atoms with E-state index >= 15 is 0 Å². The Morgan fingerprint density at radius 3 is 2.78 bits per heavy atom. The van der Waals surface area contributed by atoms with E-state index in [4.69, 9.17) is 11.5 Å². The second-order valence-corrected chi connectivity index (χ2v) is 9.49. The first-order chi connectivity index (χ1) is 12.7. The highest BCUT2D eigenvalue weighted by Crippen LogP contribution is 2.46. The number of carbonyl (C=O) groups excluding carboxylic acids is 1. The topological polar surface area (TPSA) is 84.7 Å². The Bertz CT molecular complexity index is 957. The van der Waals surface area contributed by atoms with E-state index < -0.39 is 17.3 Å². The van der Waals surface area contributed by atoms with Gasteiger partial charge in [-0.1, -0.05) is 12.1 Å². The number of halogens is 2. The van der Waals surface area contributed by atoms with Gasteiger partial charge in [0.15, 0.2) is 5.96 Å². The van der Waals surface area contributed by atoms with Gasteiger partial charge in [0.2, 0.25) is 5.91 Å². The van der Waals surface area contributed by atoms with Crippen LogP contribution < -0.4 is 11.5 Å². The average Bonchev–Trinajstić information content (AvgIpc) is 3.02. The quantitative estimate of drug-likeness (QED) is 0.381. The van der Waals surface area contributed by atoms with Gasteiger partial charge in [0.25, 0.3) is 0 Å². The van der Waals surface area contributed by atoms with Crippen molar-refractivity contribution in [1.29, 1.82) is 0 Å². The smallest absolute Gasteiger partial charge is 0.235 e. The molecule has 1 aromatic carbocycles. The fourth-order valence-corrected chi connectivity index (χ4v) is 5.46. The Balaban J connectivity index is 2.13. The average molecular weight is 498 g/mol. The highest BCUT2D eigenvalue weighted by atomic mass is 127. The molecule has 2 atom stereocenters. The lowest BCUT2D eigenvalue weighted by Gasteiger charge is -2.39. The second-order valence-electron chi connectivity index (χ2n) is 6.63. The molecule has 1 aromatic heterocycles. The molecule has 1 aliphatic rings. The van der Waals surface area contributed by atoms with E-state index in [1.807, 2.05) is 13.0 Å². The number of rotatable bonds is 4. The van der Waals surface area contributed by atoms with Gasteiger partial charge in [-0.05, 0) is 59.7 Å². The molecule has 0 fully saturated rings. The van der Waals surface area contributed by atoms with Crippen molar-refractivity contribution in [1.82, 2.24) is 4.90 Å². The maximum absolute atomic E-state index is 13.5. The number of aliphatic imine (C=N–C) groups is 1. The maximum atomic E-state index is 13.5. The molecule has 0 bridgehead atoms. The summed E-state index contributed by atoms with van der Waals surface area (Å²) in [6.07, 6.45) is 2.22. The first-order valence-electron chi connectivity index (χ1n) is 8.28. The number of amides is 1. The van der Waals surface area contributed by atoms with Crippen LogP contribution in [0.25, 0.3) is 11.1 Å². The summed E-state index contributed by atoms with van der Waals surface area (Å²) < 4.78 is 14.5. The fourth-order valence-electron chi connectivity index (χ4n) is 3.23. The van der Waals surface area contributed by atoms with Crippen molar-refractivity contribution in [3.05, 3.63) is 50.5 Å². The number of nitrogens with two attached hydrogens (primary N) is 2. The van der Waals surface area contributed by atoms with Crippen LogP contribution in [-0.4, -0.2) is 23.8 Å². The van der Waals surface area contributed by atoms with Crippen molar-refractivity contribution in [3.63, 3.8) is 0 Å². The number of benzene rings is 1. The fraction of sp³-hybridized carbons (Fsp3) is 0.263. The van der Waals surface area contributed by atoms with Crippen molar-refractivity contribution in [3.8, 4) is 11.1 Å². The number of hydrogen-bond acceptors (Lipinski definition) is 5. The molecule has 4 N–H and O–H groups in total. The number of nitrogen functional groups attached to an aromatic ring is 1. The van der Waals surface area contributed by atoms with Gasteiger partial charge in [-0.25, -0.2) is 9.38 Å². The Hall–Kier alpha value is -1.94. The molecule has 0 unspecified atom stereocenters. The molecule has 0 spiro atoms. The molecule has 1 amide bonds. The molecule has 0 saturated heterocycles. The highest BCUT2D eigenvalue weighted by molar-refractivity contribution is 14.1. The van der Waals surface area contributed by atoms with Gasteiger partial charge in [0.1, 0.15) is 11.4 Å². The standard InChI is InChI=1S/C19H20FIN4OS/c1-4-5-12-17(26)25(3)18(23)24-19(12,2)15-9-11(16(21)27-15)10-6-7-13(20)14(22)8-10/h4,6-9,12H,1,5,22H2,2-3H3,(H2,23,24)/t12-,19+/m1/s1. The van der Waals surface area contributed by atoms with Gasteiger partial charge in [-0.2, -0.15) is 0 Å². The van der Waals surface area contributed by atoms with E-state index in [2.05, 4.69) is 34.2 Å². The van der Waals surface area contributed by atoms with Gasteiger partial charge in [-0.15, -0.1) is 17.9 Å². The number of thiophene rings is 1. The summed E-state index contributed by atoms with van der Waals surface area (Å²) >= 11 is 3.78. The highest BCUT2D eigenvalue weighted by Gasteiger charge is 2.46. The first kappa shape index (κ1) is 19.8. The summed E-state index contributed by atoms with van der Waals surface area (Å²) in [6, 6.07) is 6.66. The summed E-state index contributed by atoms with van der Waals surface area (Å²) in [6.45, 7) is 5.70. The van der Waals surface area contributed by atoms with Crippen molar-refractivity contribution in [2.24, 2.45) is 16.6 Å². The molecule has 8 heteroatoms. The number of guanidine groups is 1. The van der Waals surface area contributed by atoms with Crippen LogP contribution in [0.3, 0.4) is 0 Å². The van der Waals surface area contributed by atoms with Gasteiger partial charge < -0.3 is 11.5 Å². The van der Waals surface area contributed by atoms with Crippen molar-refractivity contribution in [2.45, 2.75) is 18.9 Å². The Morgan fingerprint density at radius 1 is 1.44 bits per heavy atom. The molecule has 0 radical (unpaired) electrons. The van der Waals surface area contributed by atoms with E-state index in [1.165, 1.54) is 11.0 Å². The minimum atomic E-state index is -0.795. The zero-order chi connectivity index (χ0) is 19.9. The summed E-state index contributed by atoms with van der Waals surface area (Å²) in [5.74, 6) is -0.729. The van der Waals surface area contributed by atoms with E-state index in [-0.39, 0.29) is 17.6 Å². The predicted octanol–water partition coefficient (Wildman–Crippen LogP) is 3.94. The number of hydrogen-bond donors (Lipinski definition) is 2. The van der Waals surface area contributed by atoms with Crippen LogP contribution in [0, 0.1) is 14.6 Å². The van der Waals surface area contributed by atoms with Crippen molar-refractivity contribution < 1.29 is 9.18 Å². The first-order valence-corrected chi connectivity index (χ1v) is 10.2. The molecular weight excluding hydrogens is 478 g/mol. The zero-order valence-corrected chi connectivity index (χ0v) is 18.0. The maximum Gasteiger partial charge on any atom is 0.235 e. The lowest BCUT2D eigenvalue weighted by Crippen LogP contribution is -2.53. The molecule has 142 valence electrons. The zero-order valence-electron chi connectivity index (χ0n) is 15.0. The van der Waals surface area contributed by atoms with Crippen LogP contribution in [0.5, 0.6) is 0 Å². The number of carbonyl (C=O) groups is 1. The van der Waals surface area contributed by atoms with Crippen molar-refractivity contribution >= 4 is 51.5 Å². The van der Waals surface area contributed by atoms with E-state index in [0.717, 1.165) is 18.9 Å². The molecule has 0 aliphatic carbocycles. The second kappa shape index (κ2) is 7.23. The summed E-state index contributed by atoms with van der Waals surface area (Å²) in [7, 11) is 1.63. The minimum absolute atomic E-state index is 0.0825. The third-order valence-corrected chi connectivity index (χ3v) is 7.28. The molecule has 27 heavy (non-hydrogen) atoms. The molecular formula is C19H20FIN4OS. The minimum Gasteiger partial charge on any atom is -0.396 e. The van der Waals surface area contributed by atoms with Crippen LogP contribution in [0.15, 0.2) is 41.9 Å². The third kappa shape index (κ3) is 3.36. The molecule has 2 heterocycles. The molecule has 3 rings (SSSR count). The number of allylic oxidation sites excluding steroid dienone is 1. The number of anilines is 1. The largest absolute Gasteiger partial charge is 0.396 e. The summed E-state index contributed by atoms with van der Waals surface area (Å²) in [5, 5.41) is 0. The predicted molar refractivity (Wildman–Crippen MR) is 117 cm³/mol. The monoisotopic (exact) mass is 498 g/mol. The Morgan fingerprint density at radius 2 is 2.15 bits per heavy atom. The SMILES string of the molecule is C=CC[C@@H]1C(=O)N(C)C(N)=N[C@]1(C)c1cc(-c2ccc(F)c(N)c2)c(I)s1. The van der Waals surface area contributed by atoms with Gasteiger partial charge in [0, 0.05) is 17.5 Å². The van der Waals surface area contributed by atoms with Crippen LogP contribution in [0.4, 0.5) is 10.1 Å². The lowest BCUT2D eigenvalue weighted by atomic mass is 9.80. The van der Waals surface area contributed by atoms with E-state index in [1.54, 1.807) is 36.6 Å². The molecule has 2 aromatic rings. The van der Waals surface area contributed by atoms with Crippen molar-refractivity contribution in [2.75, 3.05) is 12.8 Å². The van der Waals surface area contributed by atoms with Crippen LogP contribution in [0.1, 0.15) is 18.2 Å². The number of nitrogens with zero attached hydrogens (tertiary/aromatic N) is 2. The molecule has 0 saturated carbocycles. The van der Waals surface area contributed by atoms with E-state index in [0.29, 0.717) is 6.42 Å². The molecule has 5 nitrogen and oxygen atoms in total. The summed E-state index contributed by atoms with van der Waals surface area (Å²) in [5.41, 5.74) is 12.8. The summed E-state index contributed by atoms with van der Waals surface area (Å²) in [4.78, 5) is 19.8.